The molecule has 0 aliphatic carbocycles. The zero-order chi connectivity index (χ0) is 80.8. The summed E-state index contributed by atoms with van der Waals surface area (Å²) in [7, 11) is 5.13. The minimum Gasteiger partial charge on any atom is -0.464 e. The molecular formula is C83H99N17O14. The minimum absolute atomic E-state index is 0.115. The van der Waals surface area contributed by atoms with Gasteiger partial charge in [0, 0.05) is 48.3 Å². The first-order valence-electron chi connectivity index (χ1n) is 38.9. The number of nitrogens with zero attached hydrogens (tertiary/aromatic N) is 9. The second kappa shape index (κ2) is 34.8. The van der Waals surface area contributed by atoms with E-state index in [2.05, 4.69) is 74.4 Å². The first kappa shape index (κ1) is 79.8. The van der Waals surface area contributed by atoms with Crippen LogP contribution in [0, 0.1) is 23.7 Å². The number of nitrogens with one attached hydrogen (secondary N) is 8. The molecule has 8 amide bonds. The number of alkyl carbamates (subject to hydrolysis) is 4. The van der Waals surface area contributed by atoms with E-state index in [9.17, 15) is 38.4 Å². The number of carbonyl (C=O) groups is 8. The molecule has 0 unspecified atom stereocenters. The smallest absolute Gasteiger partial charge is 0.407 e. The van der Waals surface area contributed by atoms with Gasteiger partial charge in [0.1, 0.15) is 58.6 Å². The lowest BCUT2D eigenvalue weighted by Crippen LogP contribution is -2.51. The summed E-state index contributed by atoms with van der Waals surface area (Å²) in [5, 5.41) is 11.7. The van der Waals surface area contributed by atoms with Crippen molar-refractivity contribution in [2.24, 2.45) is 23.7 Å². The molecule has 31 heteroatoms. The number of oxazole rings is 1. The van der Waals surface area contributed by atoms with E-state index in [1.165, 1.54) is 34.8 Å². The summed E-state index contributed by atoms with van der Waals surface area (Å²) >= 11 is 0. The van der Waals surface area contributed by atoms with Crippen molar-refractivity contribution in [2.45, 2.75) is 155 Å². The molecule has 8 N–H and O–H groups in total. The number of methoxy groups -OCH3 is 4. The number of H-pyrrole nitrogens is 4. The van der Waals surface area contributed by atoms with Gasteiger partial charge in [-0.1, -0.05) is 116 Å². The third-order valence-electron chi connectivity index (χ3n) is 22.0. The molecule has 8 atom stereocenters. The number of benzene rings is 4. The molecule has 10 heterocycles. The van der Waals surface area contributed by atoms with Crippen molar-refractivity contribution in [3.05, 3.63) is 140 Å². The van der Waals surface area contributed by atoms with E-state index < -0.39 is 48.5 Å². The van der Waals surface area contributed by atoms with Crippen molar-refractivity contribution in [3.8, 4) is 67.3 Å². The lowest BCUT2D eigenvalue weighted by atomic mass is 9.97. The van der Waals surface area contributed by atoms with Gasteiger partial charge in [-0.2, -0.15) is 0 Å². The Bertz CT molecular complexity index is 4790. The van der Waals surface area contributed by atoms with Gasteiger partial charge >= 0.3 is 24.4 Å². The number of rotatable bonds is 22. The molecule has 4 aliphatic rings. The number of likely N-dealkylation sites (tertiary alicyclic amines) is 4. The Hall–Kier alpha value is -12.3. The maximum atomic E-state index is 13.6. The minimum atomic E-state index is -0.720. The average Bonchev–Trinajstić information content (AvgIpc) is 1.57. The van der Waals surface area contributed by atoms with Gasteiger partial charge in [0.05, 0.1) is 106 Å². The second-order valence-corrected chi connectivity index (χ2v) is 30.6. The van der Waals surface area contributed by atoms with Crippen LogP contribution in [0.2, 0.25) is 0 Å². The van der Waals surface area contributed by atoms with Crippen molar-refractivity contribution < 1.29 is 66.1 Å². The maximum absolute atomic E-state index is 13.6. The molecule has 0 bridgehead atoms. The highest BCUT2D eigenvalue weighted by Gasteiger charge is 2.43. The number of furan rings is 1. The van der Waals surface area contributed by atoms with Gasteiger partial charge < -0.3 is 88.6 Å². The Balaban J connectivity index is 0.000000199. The van der Waals surface area contributed by atoms with Crippen LogP contribution < -0.4 is 21.3 Å². The number of hydrogen-bond acceptors (Lipinski definition) is 19. The molecule has 600 valence electrons. The zero-order valence-electron chi connectivity index (χ0n) is 66.1. The Morgan fingerprint density at radius 3 is 1.01 bits per heavy atom. The highest BCUT2D eigenvalue weighted by molar-refractivity contribution is 6.02. The van der Waals surface area contributed by atoms with Gasteiger partial charge in [-0.3, -0.25) is 19.2 Å². The lowest BCUT2D eigenvalue weighted by molar-refractivity contribution is -0.136. The number of carbonyl (C=O) groups excluding carboxylic acids is 8. The summed E-state index contributed by atoms with van der Waals surface area (Å²) in [6, 6.07) is 22.5. The van der Waals surface area contributed by atoms with Gasteiger partial charge in [-0.15, -0.1) is 0 Å². The highest BCUT2D eigenvalue weighted by atomic mass is 16.6. The van der Waals surface area contributed by atoms with E-state index in [0.717, 1.165) is 124 Å². The molecule has 4 aromatic carbocycles. The predicted octanol–water partition coefficient (Wildman–Crippen LogP) is 13.3. The van der Waals surface area contributed by atoms with Crippen molar-refractivity contribution in [1.82, 2.24) is 85.7 Å². The van der Waals surface area contributed by atoms with Crippen molar-refractivity contribution in [3.63, 3.8) is 0 Å². The van der Waals surface area contributed by atoms with E-state index in [0.29, 0.717) is 66.2 Å². The maximum Gasteiger partial charge on any atom is 0.407 e. The molecule has 0 saturated carbocycles. The van der Waals surface area contributed by atoms with Crippen LogP contribution in [0.5, 0.6) is 0 Å². The SMILES string of the molecule is COC(=O)N[C@H](C(=O)N1CCC[C@H]1c1ncc(-c2ccc(-c3ccc(-c4cnc([C@@H]5CCCN5C(=O)[C@@H](NC(=O)OC)C(C)C)[nH]4)c4occc34)cc2)[nH]1)C(C)C.COC(=O)N[C@H](C(=O)N1CCC[C@H]1c1ncc(-c2ccc(-c3ccc(-c4cnc([C@@H]5CCCN5C(=O)[C@@H](NC(=O)OC)C(C)C)[nH]4)c4ocnc34)cc2)[nH]1)C(C)C. The number of ether oxygens (including phenoxy) is 4. The van der Waals surface area contributed by atoms with Crippen LogP contribution in [0.3, 0.4) is 0 Å². The summed E-state index contributed by atoms with van der Waals surface area (Å²) in [4.78, 5) is 147. The molecule has 4 aliphatic heterocycles. The van der Waals surface area contributed by atoms with E-state index in [-0.39, 0.29) is 71.5 Å². The molecule has 0 radical (unpaired) electrons. The highest BCUT2D eigenvalue weighted by Crippen LogP contribution is 2.42. The summed E-state index contributed by atoms with van der Waals surface area (Å²) < 4.78 is 31.1. The van der Waals surface area contributed by atoms with E-state index >= 15 is 0 Å². The van der Waals surface area contributed by atoms with Crippen LogP contribution in [-0.4, -0.2) is 191 Å². The Morgan fingerprint density at radius 1 is 0.368 bits per heavy atom. The third kappa shape index (κ3) is 16.6. The van der Waals surface area contributed by atoms with Crippen LogP contribution in [-0.2, 0) is 38.1 Å². The fourth-order valence-corrected chi connectivity index (χ4v) is 15.9. The number of imidazole rings is 4. The third-order valence-corrected chi connectivity index (χ3v) is 22.0. The molecule has 31 nitrogen and oxygen atoms in total. The van der Waals surface area contributed by atoms with Crippen LogP contribution in [0.1, 0.15) is 154 Å². The molecule has 14 rings (SSSR count). The van der Waals surface area contributed by atoms with Gasteiger partial charge in [0.15, 0.2) is 12.0 Å². The fourth-order valence-electron chi connectivity index (χ4n) is 15.9. The molecule has 4 saturated heterocycles. The number of aromatic amines is 4. The lowest BCUT2D eigenvalue weighted by Gasteiger charge is -2.30. The summed E-state index contributed by atoms with van der Waals surface area (Å²) in [5.74, 6) is 1.62. The van der Waals surface area contributed by atoms with Crippen LogP contribution in [0.25, 0.3) is 89.4 Å². The molecule has 114 heavy (non-hydrogen) atoms. The largest absolute Gasteiger partial charge is 0.464 e. The van der Waals surface area contributed by atoms with Crippen LogP contribution in [0.15, 0.2) is 125 Å². The van der Waals surface area contributed by atoms with Crippen molar-refractivity contribution in [1.29, 1.82) is 0 Å². The summed E-state index contributed by atoms with van der Waals surface area (Å²) in [6.45, 7) is 17.4. The number of amides is 8. The molecular weight excluding hydrogens is 1460 g/mol. The van der Waals surface area contributed by atoms with E-state index in [1.54, 1.807) is 50.7 Å². The Kier molecular flexibility index (Phi) is 24.3. The van der Waals surface area contributed by atoms with Gasteiger partial charge in [-0.05, 0) is 121 Å². The van der Waals surface area contributed by atoms with Gasteiger partial charge in [0.25, 0.3) is 0 Å². The van der Waals surface area contributed by atoms with Gasteiger partial charge in [0.2, 0.25) is 23.6 Å². The number of hydrogen-bond donors (Lipinski definition) is 8. The Labute approximate surface area is 659 Å². The zero-order valence-corrected chi connectivity index (χ0v) is 66.1. The van der Waals surface area contributed by atoms with E-state index in [4.69, 9.17) is 37.7 Å². The van der Waals surface area contributed by atoms with Crippen molar-refractivity contribution >= 4 is 70.1 Å². The topological polar surface area (TPSA) is 388 Å². The van der Waals surface area contributed by atoms with E-state index in [1.807, 2.05) is 116 Å². The molecule has 6 aromatic heterocycles. The van der Waals surface area contributed by atoms with Crippen LogP contribution >= 0.6 is 0 Å². The number of aromatic nitrogens is 9. The van der Waals surface area contributed by atoms with Crippen molar-refractivity contribution in [2.75, 3.05) is 54.6 Å². The quantitative estimate of drug-likeness (QED) is 0.0292. The first-order valence-corrected chi connectivity index (χ1v) is 38.9. The normalized spacial score (nSPS) is 18.0. The molecule has 10 aromatic rings. The van der Waals surface area contributed by atoms with Crippen LogP contribution in [0.4, 0.5) is 19.2 Å². The fraction of sp³-hybridized carbons (Fsp3) is 0.434. The predicted molar refractivity (Wildman–Crippen MR) is 423 cm³/mol. The molecule has 0 spiro atoms. The monoisotopic (exact) mass is 1560 g/mol. The number of fused-ring (bicyclic) bond motifs is 2. The standard InChI is InChI=1S/C42H50N8O7.C41H49N9O7/c1-23(2)34(47-41(53)55-5)39(51)49-18-7-9-32(49)37-43-21-30(45-37)26-13-11-25(12-14-26)27-15-16-29(36-28(27)17-20-57-36)31-22-44-38(46-31)33-10-8-19-50(33)40(52)35(24(3)4)48-42(54)56-6;1-22(2)32(47-40(53)55-5)38(51)49-17-7-9-30(49)36-42-19-28(45-36)25-13-11-24(12-14-25)26-15-16-27(35-34(26)44-21-57-35)29-20-43-37(46-29)31-10-8-18-50(31)39(52)33(23(3)4)48-41(54)56-6/h11-17,20-24,32-35H,7-10,18-19H2,1-6H3,(H,43,45)(H,44,46)(H,47,53)(H,48,54);11-16,19-23,30-33H,7-10,17-18H2,1-6H3,(H,42,45)(H,43,46)(H,47,53)(H,48,54)/t32-,33-,34-,35-;30-,31-,32-,33-/m00/s1. The summed E-state index contributed by atoms with van der Waals surface area (Å²) in [6.07, 6.45) is 14.0. The Morgan fingerprint density at radius 2 is 0.667 bits per heavy atom. The van der Waals surface area contributed by atoms with Gasteiger partial charge in [-0.25, -0.2) is 44.1 Å². The second-order valence-electron chi connectivity index (χ2n) is 30.6. The molecule has 4 fully saturated rings. The average molecular weight is 1560 g/mol. The summed E-state index contributed by atoms with van der Waals surface area (Å²) in [5.41, 5.74) is 12.5. The first-order chi connectivity index (χ1) is 55.0.